The van der Waals surface area contributed by atoms with E-state index in [-0.39, 0.29) is 17.9 Å². The number of rotatable bonds is 6. The molecule has 0 aliphatic rings. The van der Waals surface area contributed by atoms with E-state index >= 15 is 0 Å². The smallest absolute Gasteiger partial charge is 0.224 e. The highest BCUT2D eigenvalue weighted by molar-refractivity contribution is 5.79. The molecule has 3 N–H and O–H groups in total. The maximum absolute atomic E-state index is 13.8. The van der Waals surface area contributed by atoms with Crippen molar-refractivity contribution in [2.45, 2.75) is 45.7 Å². The van der Waals surface area contributed by atoms with Crippen LogP contribution < -0.4 is 11.1 Å². The molecule has 0 aliphatic heterocycles. The first-order valence-corrected chi connectivity index (χ1v) is 6.87. The molecular formula is C15H22F2N2O. The fourth-order valence-corrected chi connectivity index (χ4v) is 1.92. The Bertz CT molecular complexity index is 463. The number of nitrogens with one attached hydrogen (secondary N) is 1. The van der Waals surface area contributed by atoms with E-state index in [0.717, 1.165) is 12.5 Å². The summed E-state index contributed by atoms with van der Waals surface area (Å²) in [6.45, 7) is 5.41. The summed E-state index contributed by atoms with van der Waals surface area (Å²) in [7, 11) is 0. The lowest BCUT2D eigenvalue weighted by Gasteiger charge is -2.23. The van der Waals surface area contributed by atoms with Gasteiger partial charge in [-0.3, -0.25) is 4.79 Å². The van der Waals surface area contributed by atoms with Crippen LogP contribution in [0.1, 0.15) is 45.2 Å². The Kier molecular flexibility index (Phi) is 6.07. The number of amides is 1. The van der Waals surface area contributed by atoms with E-state index in [4.69, 9.17) is 5.73 Å². The molecule has 1 aromatic rings. The molecule has 0 saturated carbocycles. The van der Waals surface area contributed by atoms with Gasteiger partial charge in [-0.05, 0) is 19.4 Å². The zero-order valence-electron chi connectivity index (χ0n) is 12.1. The van der Waals surface area contributed by atoms with E-state index < -0.39 is 17.7 Å². The summed E-state index contributed by atoms with van der Waals surface area (Å²) >= 11 is 0. The molecule has 5 heteroatoms. The molecular weight excluding hydrogens is 262 g/mol. The lowest BCUT2D eigenvalue weighted by molar-refractivity contribution is -0.125. The van der Waals surface area contributed by atoms with E-state index in [1.807, 2.05) is 6.92 Å². The van der Waals surface area contributed by atoms with Gasteiger partial charge in [0, 0.05) is 23.6 Å². The van der Waals surface area contributed by atoms with Crippen molar-refractivity contribution in [3.8, 4) is 0 Å². The monoisotopic (exact) mass is 284 g/mol. The average molecular weight is 284 g/mol. The molecule has 112 valence electrons. The van der Waals surface area contributed by atoms with Crippen LogP contribution in [0, 0.1) is 17.6 Å². The van der Waals surface area contributed by atoms with Gasteiger partial charge in [0.1, 0.15) is 11.6 Å². The molecule has 0 spiro atoms. The van der Waals surface area contributed by atoms with E-state index in [2.05, 4.69) is 5.32 Å². The van der Waals surface area contributed by atoms with Crippen LogP contribution >= 0.6 is 0 Å². The molecule has 0 radical (unpaired) electrons. The van der Waals surface area contributed by atoms with Crippen LogP contribution in [0.15, 0.2) is 18.2 Å². The number of nitrogens with two attached hydrogens (primary N) is 1. The Hall–Kier alpha value is -1.49. The molecule has 3 unspecified atom stereocenters. The molecule has 0 fully saturated rings. The quantitative estimate of drug-likeness (QED) is 0.844. The van der Waals surface area contributed by atoms with Gasteiger partial charge in [0.05, 0.1) is 6.04 Å². The fraction of sp³-hybridized carbons (Fsp3) is 0.533. The van der Waals surface area contributed by atoms with Crippen molar-refractivity contribution in [3.05, 3.63) is 35.4 Å². The summed E-state index contributed by atoms with van der Waals surface area (Å²) in [6.07, 6.45) is 1.36. The molecule has 3 atom stereocenters. The van der Waals surface area contributed by atoms with Gasteiger partial charge in [-0.2, -0.15) is 0 Å². The number of hydrogen-bond donors (Lipinski definition) is 2. The van der Waals surface area contributed by atoms with Crippen LogP contribution in [0.4, 0.5) is 8.78 Å². The predicted octanol–water partition coefficient (Wildman–Crippen LogP) is 2.91. The molecule has 1 amide bonds. The summed E-state index contributed by atoms with van der Waals surface area (Å²) < 4.78 is 26.8. The summed E-state index contributed by atoms with van der Waals surface area (Å²) in [5.74, 6) is -1.85. The SMILES string of the molecule is CCCC(NC(=O)C(C)C(C)N)c1ccc(F)cc1F. The number of carbonyl (C=O) groups excluding carboxylic acids is 1. The number of benzene rings is 1. The van der Waals surface area contributed by atoms with E-state index in [9.17, 15) is 13.6 Å². The van der Waals surface area contributed by atoms with Gasteiger partial charge < -0.3 is 11.1 Å². The Labute approximate surface area is 118 Å². The van der Waals surface area contributed by atoms with Gasteiger partial charge in [-0.15, -0.1) is 0 Å². The van der Waals surface area contributed by atoms with E-state index in [1.54, 1.807) is 13.8 Å². The average Bonchev–Trinajstić information content (AvgIpc) is 2.37. The zero-order chi connectivity index (χ0) is 15.3. The Morgan fingerprint density at radius 1 is 1.35 bits per heavy atom. The van der Waals surface area contributed by atoms with Crippen molar-refractivity contribution in [2.75, 3.05) is 0 Å². The van der Waals surface area contributed by atoms with Crippen molar-refractivity contribution in [2.24, 2.45) is 11.7 Å². The van der Waals surface area contributed by atoms with Gasteiger partial charge in [-0.25, -0.2) is 8.78 Å². The summed E-state index contributed by atoms with van der Waals surface area (Å²) in [4.78, 5) is 12.0. The van der Waals surface area contributed by atoms with Crippen LogP contribution in [0.5, 0.6) is 0 Å². The minimum atomic E-state index is -0.641. The standard InChI is InChI=1S/C15H22F2N2O/c1-4-5-14(19-15(20)9(2)10(3)18)12-7-6-11(16)8-13(12)17/h6-10,14H,4-5,18H2,1-3H3,(H,19,20). The second-order valence-electron chi connectivity index (χ2n) is 5.16. The minimum absolute atomic E-state index is 0.220. The summed E-state index contributed by atoms with van der Waals surface area (Å²) in [6, 6.07) is 2.66. The maximum Gasteiger partial charge on any atom is 0.224 e. The number of hydrogen-bond acceptors (Lipinski definition) is 2. The lowest BCUT2D eigenvalue weighted by Crippen LogP contribution is -2.40. The normalized spacial score (nSPS) is 15.5. The van der Waals surface area contributed by atoms with Crippen LogP contribution in [0.3, 0.4) is 0 Å². The van der Waals surface area contributed by atoms with Crippen molar-refractivity contribution in [1.82, 2.24) is 5.32 Å². The first kappa shape index (κ1) is 16.6. The Morgan fingerprint density at radius 2 is 2.00 bits per heavy atom. The summed E-state index contributed by atoms with van der Waals surface area (Å²) in [5.41, 5.74) is 5.99. The molecule has 0 saturated heterocycles. The third-order valence-electron chi connectivity index (χ3n) is 3.43. The van der Waals surface area contributed by atoms with E-state index in [0.29, 0.717) is 12.0 Å². The van der Waals surface area contributed by atoms with Gasteiger partial charge in [0.2, 0.25) is 5.91 Å². The van der Waals surface area contributed by atoms with Crippen LogP contribution in [-0.2, 0) is 4.79 Å². The first-order chi connectivity index (χ1) is 9.36. The van der Waals surface area contributed by atoms with Gasteiger partial charge in [0.25, 0.3) is 0 Å². The highest BCUT2D eigenvalue weighted by atomic mass is 19.1. The third-order valence-corrected chi connectivity index (χ3v) is 3.43. The van der Waals surface area contributed by atoms with Crippen molar-refractivity contribution in [3.63, 3.8) is 0 Å². The summed E-state index contributed by atoms with van der Waals surface area (Å²) in [5, 5.41) is 2.79. The molecule has 0 bridgehead atoms. The molecule has 3 nitrogen and oxygen atoms in total. The van der Waals surface area contributed by atoms with E-state index in [1.165, 1.54) is 12.1 Å². The second-order valence-corrected chi connectivity index (χ2v) is 5.16. The van der Waals surface area contributed by atoms with Crippen LogP contribution in [0.2, 0.25) is 0 Å². The molecule has 1 aromatic carbocycles. The number of carbonyl (C=O) groups is 1. The van der Waals surface area contributed by atoms with Crippen LogP contribution in [0.25, 0.3) is 0 Å². The maximum atomic E-state index is 13.8. The van der Waals surface area contributed by atoms with Gasteiger partial charge >= 0.3 is 0 Å². The molecule has 0 aromatic heterocycles. The molecule has 0 heterocycles. The highest BCUT2D eigenvalue weighted by Crippen LogP contribution is 2.23. The minimum Gasteiger partial charge on any atom is -0.349 e. The molecule has 0 aliphatic carbocycles. The Morgan fingerprint density at radius 3 is 2.50 bits per heavy atom. The largest absolute Gasteiger partial charge is 0.349 e. The first-order valence-electron chi connectivity index (χ1n) is 6.87. The van der Waals surface area contributed by atoms with Crippen molar-refractivity contribution < 1.29 is 13.6 Å². The second kappa shape index (κ2) is 7.33. The third kappa shape index (κ3) is 4.27. The lowest BCUT2D eigenvalue weighted by atomic mass is 9.98. The number of halogens is 2. The highest BCUT2D eigenvalue weighted by Gasteiger charge is 2.22. The molecule has 1 rings (SSSR count). The zero-order valence-corrected chi connectivity index (χ0v) is 12.1. The Balaban J connectivity index is 2.91. The van der Waals surface area contributed by atoms with Crippen molar-refractivity contribution >= 4 is 5.91 Å². The fourth-order valence-electron chi connectivity index (χ4n) is 1.92. The van der Waals surface area contributed by atoms with Crippen LogP contribution in [-0.4, -0.2) is 11.9 Å². The van der Waals surface area contributed by atoms with Crippen molar-refractivity contribution in [1.29, 1.82) is 0 Å². The van der Waals surface area contributed by atoms with Gasteiger partial charge in [0.15, 0.2) is 0 Å². The predicted molar refractivity (Wildman–Crippen MR) is 75.0 cm³/mol. The van der Waals surface area contributed by atoms with Gasteiger partial charge in [-0.1, -0.05) is 26.3 Å². The topological polar surface area (TPSA) is 55.1 Å². The molecule has 20 heavy (non-hydrogen) atoms.